The van der Waals surface area contributed by atoms with E-state index in [1.807, 2.05) is 5.43 Å². The van der Waals surface area contributed by atoms with E-state index in [-0.39, 0.29) is 22.3 Å². The van der Waals surface area contributed by atoms with Crippen molar-refractivity contribution in [2.24, 2.45) is 5.10 Å². The summed E-state index contributed by atoms with van der Waals surface area (Å²) in [6, 6.07) is 3.88. The second kappa shape index (κ2) is 6.31. The smallest absolute Gasteiger partial charge is 0.329 e. The number of rotatable bonds is 4. The molecule has 1 aliphatic carbocycles. The van der Waals surface area contributed by atoms with Gasteiger partial charge in [0.2, 0.25) is 0 Å². The number of carbonyl (C=O) groups excluding carboxylic acids is 2. The third kappa shape index (κ3) is 4.25. The van der Waals surface area contributed by atoms with E-state index in [9.17, 15) is 19.7 Å². The van der Waals surface area contributed by atoms with Crippen LogP contribution in [0.1, 0.15) is 18.4 Å². The number of benzene rings is 1. The van der Waals surface area contributed by atoms with Crippen molar-refractivity contribution in [2.75, 3.05) is 0 Å². The van der Waals surface area contributed by atoms with Gasteiger partial charge < -0.3 is 5.32 Å². The molecule has 1 aliphatic rings. The van der Waals surface area contributed by atoms with Crippen molar-refractivity contribution >= 4 is 35.3 Å². The molecule has 1 aromatic rings. The molecular weight excluding hydrogens is 300 g/mol. The SMILES string of the molecule is O=C(N/N=C\c1cc([N+](=O)[O-])ccc1Cl)C(=O)NC1CC1. The minimum Gasteiger partial charge on any atom is -0.345 e. The third-order valence-electron chi connectivity index (χ3n) is 2.68. The molecule has 2 amide bonds. The number of nitro groups is 1. The van der Waals surface area contributed by atoms with E-state index in [0.717, 1.165) is 19.1 Å². The van der Waals surface area contributed by atoms with E-state index in [0.29, 0.717) is 0 Å². The molecule has 0 aliphatic heterocycles. The van der Waals surface area contributed by atoms with Gasteiger partial charge in [-0.3, -0.25) is 19.7 Å². The predicted molar refractivity (Wildman–Crippen MR) is 75.0 cm³/mol. The molecule has 0 heterocycles. The summed E-state index contributed by atoms with van der Waals surface area (Å²) < 4.78 is 0. The quantitative estimate of drug-likeness (QED) is 0.373. The Labute approximate surface area is 124 Å². The highest BCUT2D eigenvalue weighted by atomic mass is 35.5. The summed E-state index contributed by atoms with van der Waals surface area (Å²) in [7, 11) is 0. The van der Waals surface area contributed by atoms with Crippen LogP contribution in [0.3, 0.4) is 0 Å². The lowest BCUT2D eigenvalue weighted by atomic mass is 10.2. The number of nitrogens with one attached hydrogen (secondary N) is 2. The maximum Gasteiger partial charge on any atom is 0.329 e. The van der Waals surface area contributed by atoms with Crippen molar-refractivity contribution in [2.45, 2.75) is 18.9 Å². The monoisotopic (exact) mass is 310 g/mol. The van der Waals surface area contributed by atoms with Crippen LogP contribution in [-0.4, -0.2) is 29.0 Å². The minimum atomic E-state index is -0.903. The second-order valence-corrected chi connectivity index (χ2v) is 4.82. The Balaban J connectivity index is 1.96. The lowest BCUT2D eigenvalue weighted by Gasteiger charge is -2.01. The largest absolute Gasteiger partial charge is 0.345 e. The van der Waals surface area contributed by atoms with Crippen molar-refractivity contribution in [3.8, 4) is 0 Å². The van der Waals surface area contributed by atoms with Crippen molar-refractivity contribution < 1.29 is 14.5 Å². The Hall–Kier alpha value is -2.48. The van der Waals surface area contributed by atoms with Crippen LogP contribution in [0.2, 0.25) is 5.02 Å². The first kappa shape index (κ1) is 14.9. The Morgan fingerprint density at radius 3 is 2.71 bits per heavy atom. The fraction of sp³-hybridized carbons (Fsp3) is 0.250. The lowest BCUT2D eigenvalue weighted by Crippen LogP contribution is -2.38. The zero-order valence-corrected chi connectivity index (χ0v) is 11.5. The van der Waals surface area contributed by atoms with Gasteiger partial charge in [0.05, 0.1) is 11.1 Å². The molecule has 0 spiro atoms. The molecule has 1 aromatic carbocycles. The predicted octanol–water partition coefficient (Wildman–Crippen LogP) is 0.977. The summed E-state index contributed by atoms with van der Waals surface area (Å²) in [5.41, 5.74) is 2.13. The van der Waals surface area contributed by atoms with Crippen LogP contribution in [0.15, 0.2) is 23.3 Å². The number of amides is 2. The van der Waals surface area contributed by atoms with Crippen molar-refractivity contribution in [3.63, 3.8) is 0 Å². The molecule has 9 heteroatoms. The molecule has 8 nitrogen and oxygen atoms in total. The van der Waals surface area contributed by atoms with Crippen LogP contribution in [0, 0.1) is 10.1 Å². The van der Waals surface area contributed by atoms with Crippen LogP contribution in [-0.2, 0) is 9.59 Å². The molecule has 2 rings (SSSR count). The number of nitro benzene ring substituents is 1. The van der Waals surface area contributed by atoms with Gasteiger partial charge in [0.25, 0.3) is 5.69 Å². The number of carbonyl (C=O) groups is 2. The number of hydrazone groups is 1. The van der Waals surface area contributed by atoms with Gasteiger partial charge in [0.1, 0.15) is 0 Å². The minimum absolute atomic E-state index is 0.0680. The van der Waals surface area contributed by atoms with Crippen LogP contribution < -0.4 is 10.7 Å². The van der Waals surface area contributed by atoms with Crippen LogP contribution >= 0.6 is 11.6 Å². The molecule has 0 bridgehead atoms. The summed E-state index contributed by atoms with van der Waals surface area (Å²) in [6.07, 6.45) is 2.87. The molecule has 0 atom stereocenters. The van der Waals surface area contributed by atoms with Crippen molar-refractivity contribution in [3.05, 3.63) is 38.9 Å². The van der Waals surface area contributed by atoms with E-state index < -0.39 is 16.7 Å². The summed E-state index contributed by atoms with van der Waals surface area (Å²) in [5.74, 6) is -1.67. The van der Waals surface area contributed by atoms with Gasteiger partial charge >= 0.3 is 11.8 Å². The van der Waals surface area contributed by atoms with Gasteiger partial charge in [0, 0.05) is 28.8 Å². The van der Waals surface area contributed by atoms with E-state index in [2.05, 4.69) is 10.4 Å². The van der Waals surface area contributed by atoms with Gasteiger partial charge in [-0.2, -0.15) is 5.10 Å². The standard InChI is InChI=1S/C12H11ClN4O4/c13-10-4-3-9(17(20)21)5-7(10)6-14-16-12(19)11(18)15-8-1-2-8/h3-6,8H,1-2H2,(H,15,18)(H,16,19)/b14-6-. The van der Waals surface area contributed by atoms with E-state index in [1.54, 1.807) is 0 Å². The molecule has 21 heavy (non-hydrogen) atoms. The van der Waals surface area contributed by atoms with Gasteiger partial charge in [0.15, 0.2) is 0 Å². The molecule has 1 saturated carbocycles. The van der Waals surface area contributed by atoms with Gasteiger partial charge in [-0.05, 0) is 18.9 Å². The summed E-state index contributed by atoms with van der Waals surface area (Å²) in [6.45, 7) is 0. The maximum atomic E-state index is 11.4. The Morgan fingerprint density at radius 1 is 1.38 bits per heavy atom. The first-order valence-electron chi connectivity index (χ1n) is 6.05. The topological polar surface area (TPSA) is 114 Å². The molecular formula is C12H11ClN4O4. The summed E-state index contributed by atoms with van der Waals surface area (Å²) in [5, 5.41) is 16.9. The van der Waals surface area contributed by atoms with Crippen LogP contribution in [0.25, 0.3) is 0 Å². The Morgan fingerprint density at radius 2 is 2.10 bits per heavy atom. The lowest BCUT2D eigenvalue weighted by molar-refractivity contribution is -0.384. The highest BCUT2D eigenvalue weighted by molar-refractivity contribution is 6.35. The number of hydrogen-bond donors (Lipinski definition) is 2. The Kier molecular flexibility index (Phi) is 4.49. The molecule has 0 unspecified atom stereocenters. The second-order valence-electron chi connectivity index (χ2n) is 4.41. The summed E-state index contributed by atoms with van der Waals surface area (Å²) >= 11 is 5.85. The molecule has 1 fully saturated rings. The average molecular weight is 311 g/mol. The molecule has 2 N–H and O–H groups in total. The van der Waals surface area contributed by atoms with Crippen molar-refractivity contribution in [1.29, 1.82) is 0 Å². The normalized spacial score (nSPS) is 14.0. The molecule has 0 radical (unpaired) electrons. The van der Waals surface area contributed by atoms with E-state index >= 15 is 0 Å². The zero-order chi connectivity index (χ0) is 15.4. The first-order valence-corrected chi connectivity index (χ1v) is 6.43. The highest BCUT2D eigenvalue weighted by Crippen LogP contribution is 2.20. The van der Waals surface area contributed by atoms with Gasteiger partial charge in [-0.1, -0.05) is 11.6 Å². The number of nitrogens with zero attached hydrogens (tertiary/aromatic N) is 2. The van der Waals surface area contributed by atoms with Crippen molar-refractivity contribution in [1.82, 2.24) is 10.7 Å². The zero-order valence-electron chi connectivity index (χ0n) is 10.7. The number of halogens is 1. The number of hydrogen-bond acceptors (Lipinski definition) is 5. The first-order chi connectivity index (χ1) is 9.97. The van der Waals surface area contributed by atoms with Gasteiger partial charge in [-0.25, -0.2) is 5.43 Å². The highest BCUT2D eigenvalue weighted by Gasteiger charge is 2.26. The molecule has 110 valence electrons. The fourth-order valence-electron chi connectivity index (χ4n) is 1.43. The number of non-ortho nitro benzene ring substituents is 1. The maximum absolute atomic E-state index is 11.4. The van der Waals surface area contributed by atoms with Crippen LogP contribution in [0.5, 0.6) is 0 Å². The molecule has 0 saturated heterocycles. The fourth-order valence-corrected chi connectivity index (χ4v) is 1.60. The third-order valence-corrected chi connectivity index (χ3v) is 3.02. The Bertz CT molecular complexity index is 628. The average Bonchev–Trinajstić information content (AvgIpc) is 3.24. The molecule has 0 aromatic heterocycles. The van der Waals surface area contributed by atoms with Gasteiger partial charge in [-0.15, -0.1) is 0 Å². The van der Waals surface area contributed by atoms with E-state index in [4.69, 9.17) is 11.6 Å². The summed E-state index contributed by atoms with van der Waals surface area (Å²) in [4.78, 5) is 32.8. The van der Waals surface area contributed by atoms with Crippen LogP contribution in [0.4, 0.5) is 5.69 Å². The van der Waals surface area contributed by atoms with E-state index in [1.165, 1.54) is 18.2 Å².